The van der Waals surface area contributed by atoms with E-state index in [9.17, 15) is 12.8 Å². The third-order valence-corrected chi connectivity index (χ3v) is 6.67. The third kappa shape index (κ3) is 4.95. The first-order valence-corrected chi connectivity index (χ1v) is 10.7. The highest BCUT2D eigenvalue weighted by Crippen LogP contribution is 2.24. The SMILES string of the molecule is O=S(=O)(c1ccc(NC(=S)Nc2ccc(F)cc2Cl)cc1)N1CCCCC1. The van der Waals surface area contributed by atoms with Crippen LogP contribution in [0.4, 0.5) is 15.8 Å². The van der Waals surface area contributed by atoms with Crippen LogP contribution in [0.2, 0.25) is 5.02 Å². The van der Waals surface area contributed by atoms with Crippen LogP contribution in [0.25, 0.3) is 0 Å². The summed E-state index contributed by atoms with van der Waals surface area (Å²) in [5, 5.41) is 6.30. The molecule has 5 nitrogen and oxygen atoms in total. The standard InChI is InChI=1S/C18H19ClFN3O2S2/c19-16-12-13(20)4-9-17(16)22-18(26)21-14-5-7-15(8-6-14)27(24,25)23-10-2-1-3-11-23/h4-9,12H,1-3,10-11H2,(H2,21,22,26). The van der Waals surface area contributed by atoms with Gasteiger partial charge in [-0.05, 0) is 67.5 Å². The number of nitrogens with one attached hydrogen (secondary N) is 2. The Hall–Kier alpha value is -1.74. The van der Waals surface area contributed by atoms with Gasteiger partial charge in [-0.25, -0.2) is 12.8 Å². The van der Waals surface area contributed by atoms with Gasteiger partial charge in [0.15, 0.2) is 5.11 Å². The molecule has 0 amide bonds. The fraction of sp³-hybridized carbons (Fsp3) is 0.278. The molecule has 2 N–H and O–H groups in total. The van der Waals surface area contributed by atoms with E-state index in [4.69, 9.17) is 23.8 Å². The number of nitrogens with zero attached hydrogens (tertiary/aromatic N) is 1. The Bertz CT molecular complexity index is 930. The van der Waals surface area contributed by atoms with Gasteiger partial charge in [0.25, 0.3) is 0 Å². The van der Waals surface area contributed by atoms with Crippen molar-refractivity contribution < 1.29 is 12.8 Å². The van der Waals surface area contributed by atoms with Gasteiger partial charge in [-0.2, -0.15) is 4.31 Å². The van der Waals surface area contributed by atoms with Crippen molar-refractivity contribution in [2.45, 2.75) is 24.2 Å². The fourth-order valence-corrected chi connectivity index (χ4v) is 4.80. The van der Waals surface area contributed by atoms with Crippen LogP contribution in [0.15, 0.2) is 47.4 Å². The Balaban J connectivity index is 1.65. The number of benzene rings is 2. The summed E-state index contributed by atoms with van der Waals surface area (Å²) in [4.78, 5) is 0.260. The van der Waals surface area contributed by atoms with E-state index in [1.165, 1.54) is 22.5 Å². The van der Waals surface area contributed by atoms with Gasteiger partial charge in [0.2, 0.25) is 10.0 Å². The minimum Gasteiger partial charge on any atom is -0.332 e. The van der Waals surface area contributed by atoms with Crippen LogP contribution in [0.5, 0.6) is 0 Å². The van der Waals surface area contributed by atoms with E-state index in [0.717, 1.165) is 19.3 Å². The van der Waals surface area contributed by atoms with Gasteiger partial charge >= 0.3 is 0 Å². The van der Waals surface area contributed by atoms with Crippen molar-refractivity contribution in [3.05, 3.63) is 53.3 Å². The first-order chi connectivity index (χ1) is 12.9. The molecule has 2 aromatic rings. The smallest absolute Gasteiger partial charge is 0.243 e. The second-order valence-corrected chi connectivity index (χ2v) is 8.95. The number of hydrogen-bond donors (Lipinski definition) is 2. The molecule has 1 aliphatic rings. The largest absolute Gasteiger partial charge is 0.332 e. The predicted molar refractivity (Wildman–Crippen MR) is 110 cm³/mol. The summed E-state index contributed by atoms with van der Waals surface area (Å²) in [6.45, 7) is 1.13. The Labute approximate surface area is 168 Å². The summed E-state index contributed by atoms with van der Waals surface area (Å²) in [5.74, 6) is -0.435. The molecule has 0 unspecified atom stereocenters. The van der Waals surface area contributed by atoms with Crippen molar-refractivity contribution >= 4 is 50.3 Å². The third-order valence-electron chi connectivity index (χ3n) is 4.24. The lowest BCUT2D eigenvalue weighted by molar-refractivity contribution is 0.346. The van der Waals surface area contributed by atoms with Gasteiger partial charge in [-0.15, -0.1) is 0 Å². The summed E-state index contributed by atoms with van der Waals surface area (Å²) in [6.07, 6.45) is 2.85. The highest BCUT2D eigenvalue weighted by atomic mass is 35.5. The number of anilines is 2. The van der Waals surface area contributed by atoms with Crippen molar-refractivity contribution in [1.82, 2.24) is 4.31 Å². The molecule has 1 heterocycles. The van der Waals surface area contributed by atoms with Crippen LogP contribution in [-0.4, -0.2) is 30.9 Å². The molecule has 27 heavy (non-hydrogen) atoms. The molecular weight excluding hydrogens is 409 g/mol. The van der Waals surface area contributed by atoms with Gasteiger partial charge in [0, 0.05) is 18.8 Å². The number of halogens is 2. The monoisotopic (exact) mass is 427 g/mol. The van der Waals surface area contributed by atoms with E-state index in [1.54, 1.807) is 24.3 Å². The zero-order valence-electron chi connectivity index (χ0n) is 14.4. The number of hydrogen-bond acceptors (Lipinski definition) is 3. The normalized spacial score (nSPS) is 15.3. The second-order valence-electron chi connectivity index (χ2n) is 6.19. The van der Waals surface area contributed by atoms with Gasteiger partial charge in [0.05, 0.1) is 15.6 Å². The molecule has 3 rings (SSSR count). The van der Waals surface area contributed by atoms with Crippen LogP contribution in [0.1, 0.15) is 19.3 Å². The number of thiocarbonyl (C=S) groups is 1. The van der Waals surface area contributed by atoms with E-state index in [-0.39, 0.29) is 15.0 Å². The van der Waals surface area contributed by atoms with Crippen molar-refractivity contribution in [2.75, 3.05) is 23.7 Å². The average molecular weight is 428 g/mol. The number of rotatable bonds is 4. The quantitative estimate of drug-likeness (QED) is 0.705. The van der Waals surface area contributed by atoms with Gasteiger partial charge < -0.3 is 10.6 Å². The van der Waals surface area contributed by atoms with E-state index in [1.807, 2.05) is 0 Å². The highest BCUT2D eigenvalue weighted by molar-refractivity contribution is 7.89. The minimum atomic E-state index is -3.46. The van der Waals surface area contributed by atoms with Crippen LogP contribution >= 0.6 is 23.8 Å². The zero-order chi connectivity index (χ0) is 19.4. The lowest BCUT2D eigenvalue weighted by Gasteiger charge is -2.25. The molecular formula is C18H19ClFN3O2S2. The molecule has 1 saturated heterocycles. The Morgan fingerprint density at radius 2 is 1.70 bits per heavy atom. The molecule has 0 bridgehead atoms. The highest BCUT2D eigenvalue weighted by Gasteiger charge is 2.25. The fourth-order valence-electron chi connectivity index (χ4n) is 2.84. The molecule has 0 aromatic heterocycles. The summed E-state index contributed by atoms with van der Waals surface area (Å²) >= 11 is 11.2. The molecule has 0 spiro atoms. The molecule has 1 aliphatic heterocycles. The first kappa shape index (κ1) is 20.0. The first-order valence-electron chi connectivity index (χ1n) is 8.49. The molecule has 144 valence electrons. The lowest BCUT2D eigenvalue weighted by atomic mass is 10.2. The summed E-state index contributed by atoms with van der Waals surface area (Å²) in [5.41, 5.74) is 1.10. The maximum atomic E-state index is 13.1. The van der Waals surface area contributed by atoms with Crippen molar-refractivity contribution in [3.63, 3.8) is 0 Å². The summed E-state index contributed by atoms with van der Waals surface area (Å²) in [6, 6.07) is 10.4. The molecule has 0 atom stereocenters. The van der Waals surface area contributed by atoms with Gasteiger partial charge in [0.1, 0.15) is 5.82 Å². The molecule has 0 radical (unpaired) electrons. The maximum Gasteiger partial charge on any atom is 0.243 e. The Morgan fingerprint density at radius 1 is 1.04 bits per heavy atom. The summed E-state index contributed by atoms with van der Waals surface area (Å²) in [7, 11) is -3.46. The van der Waals surface area contributed by atoms with E-state index in [2.05, 4.69) is 10.6 Å². The van der Waals surface area contributed by atoms with Crippen LogP contribution in [0.3, 0.4) is 0 Å². The molecule has 0 saturated carbocycles. The van der Waals surface area contributed by atoms with Crippen LogP contribution < -0.4 is 10.6 Å². The molecule has 2 aromatic carbocycles. The molecule has 9 heteroatoms. The van der Waals surface area contributed by atoms with Crippen molar-refractivity contribution in [3.8, 4) is 0 Å². The van der Waals surface area contributed by atoms with Crippen molar-refractivity contribution in [1.29, 1.82) is 0 Å². The minimum absolute atomic E-state index is 0.210. The van der Waals surface area contributed by atoms with E-state index in [0.29, 0.717) is 24.5 Å². The van der Waals surface area contributed by atoms with E-state index >= 15 is 0 Å². The van der Waals surface area contributed by atoms with Crippen LogP contribution in [0, 0.1) is 5.82 Å². The Kier molecular flexibility index (Phi) is 6.31. The molecule has 0 aliphatic carbocycles. The van der Waals surface area contributed by atoms with Gasteiger partial charge in [-0.1, -0.05) is 18.0 Å². The maximum absolute atomic E-state index is 13.1. The topological polar surface area (TPSA) is 61.4 Å². The number of sulfonamides is 1. The van der Waals surface area contributed by atoms with E-state index < -0.39 is 15.8 Å². The number of piperidine rings is 1. The summed E-state index contributed by atoms with van der Waals surface area (Å²) < 4.78 is 39.9. The Morgan fingerprint density at radius 3 is 2.33 bits per heavy atom. The van der Waals surface area contributed by atoms with Crippen LogP contribution in [-0.2, 0) is 10.0 Å². The lowest BCUT2D eigenvalue weighted by Crippen LogP contribution is -2.35. The zero-order valence-corrected chi connectivity index (χ0v) is 16.8. The molecule has 1 fully saturated rings. The second kappa shape index (κ2) is 8.52. The predicted octanol–water partition coefficient (Wildman–Crippen LogP) is 4.46. The average Bonchev–Trinajstić information content (AvgIpc) is 2.65. The van der Waals surface area contributed by atoms with Gasteiger partial charge in [-0.3, -0.25) is 0 Å². The van der Waals surface area contributed by atoms with Crippen molar-refractivity contribution in [2.24, 2.45) is 0 Å².